The van der Waals surface area contributed by atoms with E-state index < -0.39 is 0 Å². The number of allylic oxidation sites excluding steroid dienone is 1. The summed E-state index contributed by atoms with van der Waals surface area (Å²) in [5.41, 5.74) is 5.67. The molecule has 1 aliphatic carbocycles. The van der Waals surface area contributed by atoms with Gasteiger partial charge in [0, 0.05) is 23.9 Å². The molecule has 1 heterocycles. The van der Waals surface area contributed by atoms with Crippen molar-refractivity contribution in [3.8, 4) is 0 Å². The van der Waals surface area contributed by atoms with Crippen LogP contribution in [0.25, 0.3) is 5.57 Å². The molecule has 2 aliphatic rings. The number of fused-ring (bicyclic) bond motifs is 1. The second kappa shape index (κ2) is 5.90. The Hall–Kier alpha value is -1.99. The second-order valence-corrected chi connectivity index (χ2v) is 6.71. The number of halogens is 1. The van der Waals surface area contributed by atoms with Crippen molar-refractivity contribution in [2.24, 2.45) is 0 Å². The van der Waals surface area contributed by atoms with Gasteiger partial charge in [-0.25, -0.2) is 4.39 Å². The maximum absolute atomic E-state index is 13.3. The van der Waals surface area contributed by atoms with Crippen LogP contribution in [0.5, 0.6) is 0 Å². The number of rotatable bonds is 4. The van der Waals surface area contributed by atoms with Gasteiger partial charge >= 0.3 is 0 Å². The molecule has 0 aromatic heterocycles. The van der Waals surface area contributed by atoms with Crippen LogP contribution in [-0.4, -0.2) is 17.1 Å². The molecule has 2 nitrogen and oxygen atoms in total. The van der Waals surface area contributed by atoms with Gasteiger partial charge in [-0.05, 0) is 41.7 Å². The Balaban J connectivity index is 1.93. The van der Waals surface area contributed by atoms with Gasteiger partial charge in [-0.3, -0.25) is 4.57 Å². The highest BCUT2D eigenvalue weighted by molar-refractivity contribution is 7.24. The third-order valence-electron chi connectivity index (χ3n) is 4.60. The van der Waals surface area contributed by atoms with Crippen molar-refractivity contribution in [3.63, 3.8) is 0 Å². The van der Waals surface area contributed by atoms with E-state index in [1.54, 1.807) is 0 Å². The molecular weight excluding hydrogens is 308 g/mol. The van der Waals surface area contributed by atoms with E-state index in [4.69, 9.17) is 0 Å². The lowest BCUT2D eigenvalue weighted by Gasteiger charge is -2.35. The quantitative estimate of drug-likeness (QED) is 0.749. The zero-order valence-corrected chi connectivity index (χ0v) is 13.6. The Morgan fingerprint density at radius 2 is 1.83 bits per heavy atom. The molecule has 1 fully saturated rings. The summed E-state index contributed by atoms with van der Waals surface area (Å²) in [6, 6.07) is 15.5. The van der Waals surface area contributed by atoms with E-state index in [1.165, 1.54) is 36.1 Å². The minimum absolute atomic E-state index is 0.123. The molecule has 1 saturated carbocycles. The van der Waals surface area contributed by atoms with E-state index in [-0.39, 0.29) is 14.3 Å². The van der Waals surface area contributed by atoms with E-state index in [0.717, 1.165) is 23.4 Å². The van der Waals surface area contributed by atoms with Gasteiger partial charge in [-0.15, -0.1) is 0 Å². The van der Waals surface area contributed by atoms with Gasteiger partial charge in [-0.1, -0.05) is 36.4 Å². The molecule has 2 aromatic carbocycles. The molecule has 4 rings (SSSR count). The first-order chi connectivity index (χ1) is 11.3. The highest BCUT2D eigenvalue weighted by Gasteiger charge is 2.35. The number of hydrogen-bond donors (Lipinski definition) is 0. The monoisotopic (exact) mass is 325 g/mol. The van der Waals surface area contributed by atoms with Crippen molar-refractivity contribution in [3.05, 3.63) is 76.7 Å². The van der Waals surface area contributed by atoms with Crippen molar-refractivity contribution in [2.45, 2.75) is 25.4 Å². The largest absolute Gasteiger partial charge is 0.366 e. The molecule has 23 heavy (non-hydrogen) atoms. The van der Waals surface area contributed by atoms with Crippen LogP contribution in [0, 0.1) is 5.82 Å². The Morgan fingerprint density at radius 1 is 1.09 bits per heavy atom. The SMILES string of the molecule is O=PCC1=C(c2ccc(F)cc2)c2ccccc2CN1C1CC1. The molecule has 4 heteroatoms. The van der Waals surface area contributed by atoms with Crippen LogP contribution >= 0.6 is 8.46 Å². The van der Waals surface area contributed by atoms with Crippen molar-refractivity contribution < 1.29 is 8.96 Å². The van der Waals surface area contributed by atoms with Crippen LogP contribution < -0.4 is 0 Å². The van der Waals surface area contributed by atoms with E-state index in [9.17, 15) is 8.96 Å². The van der Waals surface area contributed by atoms with E-state index in [1.807, 2.05) is 18.2 Å². The van der Waals surface area contributed by atoms with Gasteiger partial charge in [0.1, 0.15) is 5.82 Å². The van der Waals surface area contributed by atoms with Gasteiger partial charge in [0.2, 0.25) is 0 Å². The Kier molecular flexibility index (Phi) is 3.74. The maximum Gasteiger partial charge on any atom is 0.161 e. The van der Waals surface area contributed by atoms with Gasteiger partial charge in [0.15, 0.2) is 8.46 Å². The van der Waals surface area contributed by atoms with Crippen LogP contribution in [-0.2, 0) is 11.1 Å². The fourth-order valence-corrected chi connectivity index (χ4v) is 3.85. The summed E-state index contributed by atoms with van der Waals surface area (Å²) >= 11 is 0. The van der Waals surface area contributed by atoms with Crippen molar-refractivity contribution in [2.75, 3.05) is 6.16 Å². The topological polar surface area (TPSA) is 20.3 Å². The van der Waals surface area contributed by atoms with Crippen LogP contribution in [0.2, 0.25) is 0 Å². The molecule has 0 N–H and O–H groups in total. The zero-order valence-electron chi connectivity index (χ0n) is 12.7. The molecular formula is C19H17FNOP. The average Bonchev–Trinajstić information content (AvgIpc) is 3.40. The van der Waals surface area contributed by atoms with Gasteiger partial charge in [-0.2, -0.15) is 0 Å². The highest BCUT2D eigenvalue weighted by Crippen LogP contribution is 2.42. The molecule has 1 aliphatic heterocycles. The third kappa shape index (κ3) is 2.70. The Labute approximate surface area is 136 Å². The van der Waals surface area contributed by atoms with Crippen molar-refractivity contribution >= 4 is 14.0 Å². The minimum Gasteiger partial charge on any atom is -0.366 e. The first-order valence-electron chi connectivity index (χ1n) is 7.91. The molecule has 0 unspecified atom stereocenters. The first kappa shape index (κ1) is 14.6. The van der Waals surface area contributed by atoms with Gasteiger partial charge in [0.25, 0.3) is 0 Å². The Morgan fingerprint density at radius 3 is 2.52 bits per heavy atom. The smallest absolute Gasteiger partial charge is 0.161 e. The summed E-state index contributed by atoms with van der Waals surface area (Å²) in [7, 11) is 0.123. The average molecular weight is 325 g/mol. The molecule has 0 saturated heterocycles. The summed E-state index contributed by atoms with van der Waals surface area (Å²) < 4.78 is 24.7. The zero-order chi connectivity index (χ0) is 15.8. The number of benzene rings is 2. The molecule has 2 aromatic rings. The number of hydrogen-bond acceptors (Lipinski definition) is 2. The lowest BCUT2D eigenvalue weighted by molar-refractivity contribution is 0.324. The standard InChI is InChI=1S/C19H17FNOP/c20-15-7-5-13(6-8-15)19-17-4-2-1-3-14(17)11-21(16-9-10-16)18(19)12-23-22/h1-8,16H,9-12H2. The van der Waals surface area contributed by atoms with E-state index in [2.05, 4.69) is 23.1 Å². The predicted molar refractivity (Wildman–Crippen MR) is 89.9 cm³/mol. The minimum atomic E-state index is -0.235. The fourth-order valence-electron chi connectivity index (χ4n) is 3.39. The normalized spacial score (nSPS) is 17.5. The maximum atomic E-state index is 13.3. The highest BCUT2D eigenvalue weighted by atomic mass is 31.1. The summed E-state index contributed by atoms with van der Waals surface area (Å²) in [6.45, 7) is 0.871. The van der Waals surface area contributed by atoms with Crippen LogP contribution in [0.4, 0.5) is 4.39 Å². The Bertz CT molecular complexity index is 780. The first-order valence-corrected chi connectivity index (χ1v) is 8.91. The molecule has 0 atom stereocenters. The lowest BCUT2D eigenvalue weighted by atomic mass is 9.89. The lowest BCUT2D eigenvalue weighted by Crippen LogP contribution is -2.30. The second-order valence-electron chi connectivity index (χ2n) is 6.13. The van der Waals surface area contributed by atoms with Gasteiger partial charge < -0.3 is 4.90 Å². The summed E-state index contributed by atoms with van der Waals surface area (Å²) in [4.78, 5) is 2.39. The summed E-state index contributed by atoms with van der Waals surface area (Å²) in [5, 5.41) is 0. The van der Waals surface area contributed by atoms with Gasteiger partial charge in [0.05, 0.1) is 6.16 Å². The molecule has 0 bridgehead atoms. The molecule has 0 radical (unpaired) electrons. The van der Waals surface area contributed by atoms with Crippen LogP contribution in [0.15, 0.2) is 54.2 Å². The fraction of sp³-hybridized carbons (Fsp3) is 0.263. The van der Waals surface area contributed by atoms with Crippen molar-refractivity contribution in [1.82, 2.24) is 4.90 Å². The number of nitrogens with zero attached hydrogens (tertiary/aromatic N) is 1. The van der Waals surface area contributed by atoms with Crippen LogP contribution in [0.1, 0.15) is 29.5 Å². The van der Waals surface area contributed by atoms with E-state index >= 15 is 0 Å². The molecule has 0 amide bonds. The summed E-state index contributed by atoms with van der Waals surface area (Å²) in [6.07, 6.45) is 2.88. The summed E-state index contributed by atoms with van der Waals surface area (Å²) in [5.74, 6) is -0.235. The molecule has 116 valence electrons. The van der Waals surface area contributed by atoms with Crippen LogP contribution in [0.3, 0.4) is 0 Å². The van der Waals surface area contributed by atoms with Crippen molar-refractivity contribution in [1.29, 1.82) is 0 Å². The third-order valence-corrected chi connectivity index (χ3v) is 5.03. The predicted octanol–water partition coefficient (Wildman–Crippen LogP) is 4.85. The molecule has 0 spiro atoms. The van der Waals surface area contributed by atoms with E-state index in [0.29, 0.717) is 12.2 Å².